The minimum Gasteiger partial charge on any atom is -0.322 e. The third kappa shape index (κ3) is 6.44. The highest BCUT2D eigenvalue weighted by Gasteiger charge is 2.24. The SMILES string of the molecule is CCc1ccc(/C=N\NC(=O)C[NH+]2CC[NH+](Cc3ccc(Cl)cc3)CC2)cc1. The molecule has 1 saturated heterocycles. The quantitative estimate of drug-likeness (QED) is 0.455. The Morgan fingerprint density at radius 3 is 2.25 bits per heavy atom. The Balaban J connectivity index is 1.37. The molecule has 1 fully saturated rings. The third-order valence-electron chi connectivity index (χ3n) is 5.23. The highest BCUT2D eigenvalue weighted by molar-refractivity contribution is 6.30. The average Bonchev–Trinajstić information content (AvgIpc) is 2.72. The van der Waals surface area contributed by atoms with Gasteiger partial charge in [-0.05, 0) is 29.7 Å². The van der Waals surface area contributed by atoms with Crippen molar-refractivity contribution in [3.05, 3.63) is 70.2 Å². The molecule has 0 atom stereocenters. The molecule has 3 rings (SSSR count). The standard InChI is InChI=1S/C22H27ClN4O/c1-2-18-3-5-19(6-4-18)15-24-25-22(28)17-27-13-11-26(12-14-27)16-20-7-9-21(23)10-8-20/h3-10,15H,2,11-14,16-17H2,1H3,(H,25,28)/p+2/b24-15-. The van der Waals surface area contributed by atoms with Crippen molar-refractivity contribution in [2.24, 2.45) is 5.10 Å². The molecule has 2 aromatic rings. The van der Waals surface area contributed by atoms with E-state index >= 15 is 0 Å². The molecule has 1 amide bonds. The van der Waals surface area contributed by atoms with Gasteiger partial charge in [0.25, 0.3) is 5.91 Å². The summed E-state index contributed by atoms with van der Waals surface area (Å²) in [5.41, 5.74) is 6.24. The van der Waals surface area contributed by atoms with Crippen molar-refractivity contribution in [1.29, 1.82) is 0 Å². The molecule has 3 N–H and O–H groups in total. The van der Waals surface area contributed by atoms with Gasteiger partial charge in [0.05, 0.1) is 6.21 Å². The van der Waals surface area contributed by atoms with Crippen molar-refractivity contribution < 1.29 is 14.6 Å². The van der Waals surface area contributed by atoms with Crippen LogP contribution in [0.4, 0.5) is 0 Å². The molecule has 0 aromatic heterocycles. The van der Waals surface area contributed by atoms with Crippen LogP contribution >= 0.6 is 11.6 Å². The molecule has 28 heavy (non-hydrogen) atoms. The number of hydrogen-bond acceptors (Lipinski definition) is 2. The van der Waals surface area contributed by atoms with E-state index in [1.165, 1.54) is 16.0 Å². The molecule has 0 bridgehead atoms. The highest BCUT2D eigenvalue weighted by Crippen LogP contribution is 2.08. The van der Waals surface area contributed by atoms with Crippen molar-refractivity contribution in [1.82, 2.24) is 5.43 Å². The molecular formula is C22H29ClN4O+2. The summed E-state index contributed by atoms with van der Waals surface area (Å²) >= 11 is 5.95. The summed E-state index contributed by atoms with van der Waals surface area (Å²) in [6.45, 7) is 7.75. The zero-order chi connectivity index (χ0) is 19.8. The van der Waals surface area contributed by atoms with Gasteiger partial charge in [0.15, 0.2) is 6.54 Å². The van der Waals surface area contributed by atoms with Crippen LogP contribution in [0.1, 0.15) is 23.6 Å². The van der Waals surface area contributed by atoms with Crippen molar-refractivity contribution in [2.75, 3.05) is 32.7 Å². The number of carbonyl (C=O) groups excluding carboxylic acids is 1. The van der Waals surface area contributed by atoms with Gasteiger partial charge in [-0.3, -0.25) is 4.79 Å². The maximum Gasteiger partial charge on any atom is 0.295 e. The summed E-state index contributed by atoms with van der Waals surface area (Å²) in [5, 5.41) is 4.86. The number of carbonyl (C=O) groups is 1. The van der Waals surface area contributed by atoms with Gasteiger partial charge in [0.1, 0.15) is 32.7 Å². The number of nitrogens with one attached hydrogen (secondary N) is 3. The van der Waals surface area contributed by atoms with Gasteiger partial charge in [-0.1, -0.05) is 54.9 Å². The van der Waals surface area contributed by atoms with E-state index in [9.17, 15) is 4.79 Å². The van der Waals surface area contributed by atoms with Crippen LogP contribution in [0.5, 0.6) is 0 Å². The highest BCUT2D eigenvalue weighted by atomic mass is 35.5. The van der Waals surface area contributed by atoms with Crippen molar-refractivity contribution in [3.8, 4) is 0 Å². The number of hydrazone groups is 1. The predicted molar refractivity (Wildman–Crippen MR) is 113 cm³/mol. The number of nitrogens with zero attached hydrogens (tertiary/aromatic N) is 1. The summed E-state index contributed by atoms with van der Waals surface area (Å²) in [6, 6.07) is 16.3. The monoisotopic (exact) mass is 400 g/mol. The fraction of sp³-hybridized carbons (Fsp3) is 0.364. The molecule has 5 nitrogen and oxygen atoms in total. The van der Waals surface area contributed by atoms with E-state index in [2.05, 4.69) is 41.7 Å². The first-order valence-electron chi connectivity index (χ1n) is 9.95. The Kier molecular flexibility index (Phi) is 7.60. The molecule has 2 aromatic carbocycles. The Labute approximate surface area is 172 Å². The van der Waals surface area contributed by atoms with E-state index in [-0.39, 0.29) is 5.91 Å². The van der Waals surface area contributed by atoms with Crippen LogP contribution in [-0.4, -0.2) is 44.8 Å². The van der Waals surface area contributed by atoms with Crippen LogP contribution in [0.15, 0.2) is 53.6 Å². The van der Waals surface area contributed by atoms with Gasteiger partial charge in [0.2, 0.25) is 0 Å². The largest absolute Gasteiger partial charge is 0.322 e. The van der Waals surface area contributed by atoms with Crippen LogP contribution in [0.2, 0.25) is 5.02 Å². The molecule has 148 valence electrons. The van der Waals surface area contributed by atoms with E-state index in [0.717, 1.165) is 49.7 Å². The number of hydrogen-bond donors (Lipinski definition) is 3. The van der Waals surface area contributed by atoms with Gasteiger partial charge in [-0.2, -0.15) is 5.10 Å². The first kappa shape index (κ1) is 20.5. The minimum absolute atomic E-state index is 0.0300. The van der Waals surface area contributed by atoms with Crippen molar-refractivity contribution in [3.63, 3.8) is 0 Å². The molecule has 0 saturated carbocycles. The summed E-state index contributed by atoms with van der Waals surface area (Å²) in [4.78, 5) is 15.0. The lowest BCUT2D eigenvalue weighted by atomic mass is 10.1. The molecule has 0 spiro atoms. The first-order valence-corrected chi connectivity index (χ1v) is 10.3. The molecule has 6 heteroatoms. The Bertz CT molecular complexity index is 781. The number of quaternary nitrogens is 2. The van der Waals surface area contributed by atoms with E-state index in [1.807, 2.05) is 24.3 Å². The number of benzene rings is 2. The Morgan fingerprint density at radius 1 is 1.00 bits per heavy atom. The minimum atomic E-state index is -0.0300. The van der Waals surface area contributed by atoms with Gasteiger partial charge in [0, 0.05) is 10.6 Å². The number of aryl methyl sites for hydroxylation is 1. The topological polar surface area (TPSA) is 50.3 Å². The molecule has 1 aliphatic heterocycles. The van der Waals surface area contributed by atoms with Gasteiger partial charge >= 0.3 is 0 Å². The van der Waals surface area contributed by atoms with E-state index in [0.29, 0.717) is 6.54 Å². The van der Waals surface area contributed by atoms with Crippen molar-refractivity contribution in [2.45, 2.75) is 19.9 Å². The summed E-state index contributed by atoms with van der Waals surface area (Å²) in [7, 11) is 0. The maximum absolute atomic E-state index is 12.1. The lowest BCUT2D eigenvalue weighted by Gasteiger charge is -2.29. The van der Waals surface area contributed by atoms with Gasteiger partial charge in [-0.25, -0.2) is 5.43 Å². The number of piperazine rings is 1. The second kappa shape index (κ2) is 10.4. The fourth-order valence-electron chi connectivity index (χ4n) is 3.49. The molecule has 0 unspecified atom stereocenters. The lowest BCUT2D eigenvalue weighted by molar-refractivity contribution is -1.02. The molecule has 0 radical (unpaired) electrons. The van der Waals surface area contributed by atoms with Crippen LogP contribution in [0.3, 0.4) is 0 Å². The number of halogens is 1. The Hall–Kier alpha value is -2.21. The Morgan fingerprint density at radius 2 is 1.61 bits per heavy atom. The molecule has 1 heterocycles. The second-order valence-corrected chi connectivity index (χ2v) is 7.80. The summed E-state index contributed by atoms with van der Waals surface area (Å²) in [6.07, 6.45) is 2.71. The van der Waals surface area contributed by atoms with E-state index in [4.69, 9.17) is 11.6 Å². The lowest BCUT2D eigenvalue weighted by Crippen LogP contribution is -3.28. The van der Waals surface area contributed by atoms with E-state index in [1.54, 1.807) is 11.1 Å². The molecular weight excluding hydrogens is 372 g/mol. The first-order chi connectivity index (χ1) is 13.6. The number of rotatable bonds is 7. The zero-order valence-corrected chi connectivity index (χ0v) is 17.1. The smallest absolute Gasteiger partial charge is 0.295 e. The summed E-state index contributed by atoms with van der Waals surface area (Å²) in [5.74, 6) is -0.0300. The zero-order valence-electron chi connectivity index (χ0n) is 16.4. The summed E-state index contributed by atoms with van der Waals surface area (Å²) < 4.78 is 0. The third-order valence-corrected chi connectivity index (χ3v) is 5.48. The fourth-order valence-corrected chi connectivity index (χ4v) is 3.61. The molecule has 0 aliphatic carbocycles. The predicted octanol–water partition coefficient (Wildman–Crippen LogP) is 0.336. The maximum atomic E-state index is 12.1. The normalized spacial score (nSPS) is 19.6. The van der Waals surface area contributed by atoms with Crippen LogP contribution < -0.4 is 15.2 Å². The molecule has 1 aliphatic rings. The average molecular weight is 401 g/mol. The van der Waals surface area contributed by atoms with Crippen LogP contribution in [-0.2, 0) is 17.8 Å². The van der Waals surface area contributed by atoms with E-state index < -0.39 is 0 Å². The second-order valence-electron chi connectivity index (χ2n) is 7.37. The number of amides is 1. The van der Waals surface area contributed by atoms with Crippen molar-refractivity contribution >= 4 is 23.7 Å². The van der Waals surface area contributed by atoms with Gasteiger partial charge in [-0.15, -0.1) is 0 Å². The van der Waals surface area contributed by atoms with Gasteiger partial charge < -0.3 is 9.80 Å². The van der Waals surface area contributed by atoms with Crippen LogP contribution in [0, 0.1) is 0 Å². The van der Waals surface area contributed by atoms with Crippen LogP contribution in [0.25, 0.3) is 0 Å².